The van der Waals surface area contributed by atoms with Crippen molar-refractivity contribution in [3.8, 4) is 0 Å². The van der Waals surface area contributed by atoms with Crippen molar-refractivity contribution in [2.24, 2.45) is 5.73 Å². The number of hydrogen-bond acceptors (Lipinski definition) is 7. The number of carbonyl (C=O) groups excluding carboxylic acids is 2. The zero-order chi connectivity index (χ0) is 19.7. The number of thiol groups is 1. The van der Waals surface area contributed by atoms with E-state index < -0.39 is 48.3 Å². The maximum Gasteiger partial charge on any atom is 0.326 e. The molecule has 0 radical (unpaired) electrons. The van der Waals surface area contributed by atoms with Crippen molar-refractivity contribution in [2.45, 2.75) is 37.4 Å². The van der Waals surface area contributed by atoms with Gasteiger partial charge in [-0.05, 0) is 6.42 Å². The van der Waals surface area contributed by atoms with Gasteiger partial charge in [0.05, 0.1) is 12.4 Å². The summed E-state index contributed by atoms with van der Waals surface area (Å²) < 4.78 is 0. The van der Waals surface area contributed by atoms with Crippen LogP contribution in [0.3, 0.4) is 0 Å². The number of aromatic amines is 1. The van der Waals surface area contributed by atoms with Gasteiger partial charge in [0, 0.05) is 30.5 Å². The number of imidazole rings is 1. The van der Waals surface area contributed by atoms with Crippen LogP contribution in [0.2, 0.25) is 0 Å². The Bertz CT molecular complexity index is 638. The summed E-state index contributed by atoms with van der Waals surface area (Å²) in [7, 11) is 0. The first-order valence-electron chi connectivity index (χ1n) is 7.63. The lowest BCUT2D eigenvalue weighted by Gasteiger charge is -2.22. The normalized spacial score (nSPS) is 14.1. The molecule has 26 heavy (non-hydrogen) atoms. The van der Waals surface area contributed by atoms with Gasteiger partial charge in [-0.15, -0.1) is 0 Å². The summed E-state index contributed by atoms with van der Waals surface area (Å²) in [5.41, 5.74) is 6.10. The van der Waals surface area contributed by atoms with Crippen LogP contribution in [-0.4, -0.2) is 67.8 Å². The van der Waals surface area contributed by atoms with Gasteiger partial charge < -0.3 is 31.6 Å². The summed E-state index contributed by atoms with van der Waals surface area (Å²) in [4.78, 5) is 52.8. The largest absolute Gasteiger partial charge is 0.481 e. The molecule has 0 saturated carbocycles. The molecule has 0 spiro atoms. The minimum absolute atomic E-state index is 0.0160. The standard InChI is InChI=1S/C14H21N5O6S/c15-8(5-26)12(22)19-10(3-7-4-16-6-17-7)13(23)18-9(14(24)25)1-2-11(20)21/h4,6,8-10,26H,1-3,5,15H2,(H,16,17)(H,18,23)(H,19,22)(H,20,21)(H,24,25)/t8-,9-,10-/m0/s1. The average Bonchev–Trinajstić information content (AvgIpc) is 3.09. The molecule has 2 amide bonds. The van der Waals surface area contributed by atoms with E-state index in [0.29, 0.717) is 5.69 Å². The van der Waals surface area contributed by atoms with Crippen LogP contribution in [0.5, 0.6) is 0 Å². The van der Waals surface area contributed by atoms with Gasteiger partial charge in [0.25, 0.3) is 0 Å². The molecule has 1 heterocycles. The lowest BCUT2D eigenvalue weighted by atomic mass is 10.1. The molecule has 1 aromatic heterocycles. The molecule has 0 aliphatic carbocycles. The topological polar surface area (TPSA) is 187 Å². The molecule has 0 aliphatic rings. The highest BCUT2D eigenvalue weighted by Gasteiger charge is 2.28. The van der Waals surface area contributed by atoms with Crippen LogP contribution in [0.1, 0.15) is 18.5 Å². The molecule has 0 aromatic carbocycles. The smallest absolute Gasteiger partial charge is 0.326 e. The number of nitrogens with one attached hydrogen (secondary N) is 3. The molecule has 144 valence electrons. The van der Waals surface area contributed by atoms with Gasteiger partial charge in [-0.2, -0.15) is 12.6 Å². The minimum Gasteiger partial charge on any atom is -0.481 e. The number of hydrogen-bond donors (Lipinski definition) is 7. The third-order valence-corrected chi connectivity index (χ3v) is 3.80. The van der Waals surface area contributed by atoms with E-state index in [1.165, 1.54) is 12.5 Å². The number of aromatic nitrogens is 2. The lowest BCUT2D eigenvalue weighted by molar-refractivity contribution is -0.143. The SMILES string of the molecule is N[C@@H](CS)C(=O)N[C@@H](Cc1cnc[nH]1)C(=O)N[C@@H](CCC(=O)O)C(=O)O. The maximum absolute atomic E-state index is 12.4. The van der Waals surface area contributed by atoms with Gasteiger partial charge in [-0.3, -0.25) is 14.4 Å². The lowest BCUT2D eigenvalue weighted by Crippen LogP contribution is -2.55. The van der Waals surface area contributed by atoms with Crippen molar-refractivity contribution in [1.29, 1.82) is 0 Å². The zero-order valence-electron chi connectivity index (χ0n) is 13.7. The summed E-state index contributed by atoms with van der Waals surface area (Å²) in [6, 6.07) is -3.48. The average molecular weight is 387 g/mol. The highest BCUT2D eigenvalue weighted by molar-refractivity contribution is 7.80. The predicted molar refractivity (Wildman–Crippen MR) is 92.5 cm³/mol. The fourth-order valence-electron chi connectivity index (χ4n) is 1.98. The number of nitrogens with zero attached hydrogens (tertiary/aromatic N) is 1. The summed E-state index contributed by atoms with van der Waals surface area (Å²) in [5, 5.41) is 22.5. The van der Waals surface area contributed by atoms with Crippen LogP contribution < -0.4 is 16.4 Å². The maximum atomic E-state index is 12.4. The van der Waals surface area contributed by atoms with Crippen LogP contribution in [-0.2, 0) is 25.6 Å². The summed E-state index contributed by atoms with van der Waals surface area (Å²) in [6.45, 7) is 0. The van der Waals surface area contributed by atoms with E-state index in [1.807, 2.05) is 0 Å². The summed E-state index contributed by atoms with van der Waals surface area (Å²) >= 11 is 3.91. The van der Waals surface area contributed by atoms with Crippen molar-refractivity contribution >= 4 is 36.4 Å². The third-order valence-electron chi connectivity index (χ3n) is 3.41. The molecule has 7 N–H and O–H groups in total. The summed E-state index contributed by atoms with van der Waals surface area (Å²) in [6.07, 6.45) is 2.13. The van der Waals surface area contributed by atoms with E-state index >= 15 is 0 Å². The Hall–Kier alpha value is -2.60. The molecule has 12 heteroatoms. The molecule has 0 saturated heterocycles. The van der Waals surface area contributed by atoms with Crippen LogP contribution in [0.25, 0.3) is 0 Å². The van der Waals surface area contributed by atoms with Crippen LogP contribution >= 0.6 is 12.6 Å². The van der Waals surface area contributed by atoms with Gasteiger partial charge in [0.15, 0.2) is 0 Å². The monoisotopic (exact) mass is 387 g/mol. The van der Waals surface area contributed by atoms with Crippen LogP contribution in [0.4, 0.5) is 0 Å². The number of nitrogens with two attached hydrogens (primary N) is 1. The fourth-order valence-corrected chi connectivity index (χ4v) is 2.15. The Balaban J connectivity index is 2.85. The van der Waals surface area contributed by atoms with Gasteiger partial charge >= 0.3 is 11.9 Å². The van der Waals surface area contributed by atoms with Gasteiger partial charge in [0.2, 0.25) is 11.8 Å². The first-order chi connectivity index (χ1) is 12.2. The van der Waals surface area contributed by atoms with E-state index in [1.54, 1.807) is 0 Å². The Morgan fingerprint density at radius 1 is 1.19 bits per heavy atom. The van der Waals surface area contributed by atoms with E-state index in [9.17, 15) is 19.2 Å². The number of carboxylic acid groups (broad SMARTS) is 2. The second-order valence-corrected chi connectivity index (χ2v) is 5.83. The molecule has 1 aromatic rings. The van der Waals surface area contributed by atoms with Gasteiger partial charge in [0.1, 0.15) is 12.1 Å². The highest BCUT2D eigenvalue weighted by atomic mass is 32.1. The van der Waals surface area contributed by atoms with E-state index in [-0.39, 0.29) is 18.6 Å². The highest BCUT2D eigenvalue weighted by Crippen LogP contribution is 2.03. The number of aliphatic carboxylic acids is 2. The Morgan fingerprint density at radius 2 is 1.85 bits per heavy atom. The van der Waals surface area contributed by atoms with Crippen molar-refractivity contribution in [1.82, 2.24) is 20.6 Å². The number of carboxylic acids is 2. The first-order valence-corrected chi connectivity index (χ1v) is 8.26. The number of rotatable bonds is 11. The molecule has 1 rings (SSSR count). The van der Waals surface area contributed by atoms with Gasteiger partial charge in [-0.1, -0.05) is 0 Å². The van der Waals surface area contributed by atoms with E-state index in [0.717, 1.165) is 0 Å². The number of H-pyrrole nitrogens is 1. The molecule has 0 fully saturated rings. The predicted octanol–water partition coefficient (Wildman–Crippen LogP) is -1.87. The Morgan fingerprint density at radius 3 is 2.35 bits per heavy atom. The number of carbonyl (C=O) groups is 4. The summed E-state index contributed by atoms with van der Waals surface area (Å²) in [5.74, 6) is -3.92. The second-order valence-electron chi connectivity index (χ2n) is 5.46. The molecule has 0 bridgehead atoms. The third kappa shape index (κ3) is 7.11. The van der Waals surface area contributed by atoms with Crippen molar-refractivity contribution < 1.29 is 29.4 Å². The van der Waals surface area contributed by atoms with Crippen molar-refractivity contribution in [3.05, 3.63) is 18.2 Å². The van der Waals surface area contributed by atoms with Gasteiger partial charge in [-0.25, -0.2) is 9.78 Å². The Kier molecular flexibility index (Phi) is 8.58. The molecule has 3 atom stereocenters. The Labute approximate surface area is 154 Å². The second kappa shape index (κ2) is 10.4. The van der Waals surface area contributed by atoms with Crippen molar-refractivity contribution in [2.75, 3.05) is 5.75 Å². The number of amides is 2. The molecule has 0 unspecified atom stereocenters. The van der Waals surface area contributed by atoms with Crippen LogP contribution in [0.15, 0.2) is 12.5 Å². The minimum atomic E-state index is -1.40. The zero-order valence-corrected chi connectivity index (χ0v) is 14.6. The molecular weight excluding hydrogens is 366 g/mol. The quantitative estimate of drug-likeness (QED) is 0.215. The molecule has 0 aliphatic heterocycles. The molecular formula is C14H21N5O6S. The molecule has 11 nitrogen and oxygen atoms in total. The van der Waals surface area contributed by atoms with Crippen LogP contribution in [0, 0.1) is 0 Å². The van der Waals surface area contributed by atoms with Crippen molar-refractivity contribution in [3.63, 3.8) is 0 Å². The van der Waals surface area contributed by atoms with E-state index in [4.69, 9.17) is 15.9 Å². The fraction of sp³-hybridized carbons (Fsp3) is 0.500. The first kappa shape index (κ1) is 21.4. The van der Waals surface area contributed by atoms with E-state index in [2.05, 4.69) is 33.2 Å².